The van der Waals surface area contributed by atoms with Crippen molar-refractivity contribution in [2.45, 2.75) is 12.1 Å². The molecule has 1 aromatic rings. The van der Waals surface area contributed by atoms with Crippen LogP contribution in [-0.2, 0) is 9.47 Å². The van der Waals surface area contributed by atoms with Crippen LogP contribution in [0.4, 0.5) is 8.78 Å². The lowest BCUT2D eigenvalue weighted by atomic mass is 10.00. The number of likely N-dealkylation sites (N-methyl/N-ethyl adjacent to an activating group) is 1. The van der Waals surface area contributed by atoms with Gasteiger partial charge in [0, 0.05) is 5.56 Å². The van der Waals surface area contributed by atoms with Gasteiger partial charge in [0.2, 0.25) is 0 Å². The average molecular weight is 243 g/mol. The van der Waals surface area contributed by atoms with Crippen molar-refractivity contribution in [3.05, 3.63) is 35.4 Å². The summed E-state index contributed by atoms with van der Waals surface area (Å²) in [5.41, 5.74) is 0.00509. The Hall–Kier alpha value is -1.04. The Balaban J connectivity index is 2.27. The van der Waals surface area contributed by atoms with Gasteiger partial charge < -0.3 is 14.8 Å². The molecular weight excluding hydrogens is 228 g/mol. The highest BCUT2D eigenvalue weighted by Crippen LogP contribution is 2.26. The first kappa shape index (κ1) is 12.4. The van der Waals surface area contributed by atoms with E-state index in [2.05, 4.69) is 5.32 Å². The molecule has 0 bridgehead atoms. The van der Waals surface area contributed by atoms with Crippen molar-refractivity contribution < 1.29 is 18.3 Å². The van der Waals surface area contributed by atoms with Gasteiger partial charge in [-0.3, -0.25) is 0 Å². The first-order valence-corrected chi connectivity index (χ1v) is 5.54. The quantitative estimate of drug-likeness (QED) is 0.875. The second-order valence-corrected chi connectivity index (χ2v) is 3.89. The van der Waals surface area contributed by atoms with E-state index in [-0.39, 0.29) is 11.7 Å². The van der Waals surface area contributed by atoms with Crippen LogP contribution in [0.5, 0.6) is 0 Å². The summed E-state index contributed by atoms with van der Waals surface area (Å²) in [6.07, 6.45) is -0.375. The molecule has 0 aliphatic carbocycles. The van der Waals surface area contributed by atoms with Crippen molar-refractivity contribution in [2.75, 3.05) is 26.9 Å². The molecule has 1 saturated heterocycles. The van der Waals surface area contributed by atoms with E-state index in [4.69, 9.17) is 9.47 Å². The van der Waals surface area contributed by atoms with Crippen molar-refractivity contribution in [2.24, 2.45) is 0 Å². The number of hydrogen-bond donors (Lipinski definition) is 1. The summed E-state index contributed by atoms with van der Waals surface area (Å²) in [6, 6.07) is 3.29. The van der Waals surface area contributed by atoms with Crippen LogP contribution in [0.1, 0.15) is 11.6 Å². The van der Waals surface area contributed by atoms with Gasteiger partial charge in [0.15, 0.2) is 0 Å². The third kappa shape index (κ3) is 2.62. The Labute approximate surface area is 98.7 Å². The summed E-state index contributed by atoms with van der Waals surface area (Å²) in [5.74, 6) is -1.14. The molecule has 0 radical (unpaired) electrons. The lowest BCUT2D eigenvalue weighted by Gasteiger charge is -2.30. The fourth-order valence-electron chi connectivity index (χ4n) is 2.02. The maximum absolute atomic E-state index is 13.7. The molecule has 2 rings (SSSR count). The molecule has 0 aromatic heterocycles. The molecule has 1 heterocycles. The molecule has 5 heteroatoms. The third-order valence-corrected chi connectivity index (χ3v) is 2.84. The van der Waals surface area contributed by atoms with Gasteiger partial charge in [0.25, 0.3) is 0 Å². The summed E-state index contributed by atoms with van der Waals surface area (Å²) < 4.78 is 38.1. The lowest BCUT2D eigenvalue weighted by molar-refractivity contribution is -0.102. The molecule has 3 nitrogen and oxygen atoms in total. The van der Waals surface area contributed by atoms with E-state index in [1.807, 2.05) is 0 Å². The molecule has 1 N–H and O–H groups in total. The number of ether oxygens (including phenoxy) is 2. The number of nitrogens with one attached hydrogen (secondary N) is 1. The molecule has 17 heavy (non-hydrogen) atoms. The number of benzene rings is 1. The Bertz CT molecular complexity index is 361. The van der Waals surface area contributed by atoms with Gasteiger partial charge in [-0.15, -0.1) is 0 Å². The first-order chi connectivity index (χ1) is 8.24. The van der Waals surface area contributed by atoms with Gasteiger partial charge >= 0.3 is 0 Å². The highest BCUT2D eigenvalue weighted by atomic mass is 19.1. The normalized spacial score (nSPS) is 22.4. The predicted molar refractivity (Wildman–Crippen MR) is 58.7 cm³/mol. The summed E-state index contributed by atoms with van der Waals surface area (Å²) >= 11 is 0. The van der Waals surface area contributed by atoms with Gasteiger partial charge in [-0.1, -0.05) is 6.07 Å². The van der Waals surface area contributed by atoms with Crippen molar-refractivity contribution in [1.29, 1.82) is 0 Å². The van der Waals surface area contributed by atoms with E-state index >= 15 is 0 Å². The van der Waals surface area contributed by atoms with E-state index in [0.29, 0.717) is 19.8 Å². The minimum absolute atomic E-state index is 0.00509. The van der Waals surface area contributed by atoms with Crippen molar-refractivity contribution in [3.8, 4) is 0 Å². The van der Waals surface area contributed by atoms with Crippen LogP contribution in [0.25, 0.3) is 0 Å². The Kier molecular flexibility index (Phi) is 4.04. The van der Waals surface area contributed by atoms with E-state index in [1.54, 1.807) is 7.05 Å². The Morgan fingerprint density at radius 3 is 2.53 bits per heavy atom. The van der Waals surface area contributed by atoms with Gasteiger partial charge in [-0.25, -0.2) is 8.78 Å². The van der Waals surface area contributed by atoms with Crippen LogP contribution in [0.3, 0.4) is 0 Å². The highest BCUT2D eigenvalue weighted by Gasteiger charge is 2.29. The van der Waals surface area contributed by atoms with Crippen LogP contribution in [-0.4, -0.2) is 33.0 Å². The summed E-state index contributed by atoms with van der Waals surface area (Å²) in [4.78, 5) is 0. The minimum atomic E-state index is -0.571. The van der Waals surface area contributed by atoms with E-state index in [0.717, 1.165) is 0 Å². The fourth-order valence-corrected chi connectivity index (χ4v) is 2.02. The molecule has 1 aliphatic heterocycles. The minimum Gasteiger partial charge on any atom is -0.376 e. The fraction of sp³-hybridized carbons (Fsp3) is 0.500. The number of hydrogen-bond acceptors (Lipinski definition) is 3. The maximum atomic E-state index is 13.7. The Morgan fingerprint density at radius 2 is 2.00 bits per heavy atom. The molecule has 2 atom stereocenters. The molecular formula is C12H15F2NO2. The third-order valence-electron chi connectivity index (χ3n) is 2.84. The van der Waals surface area contributed by atoms with Gasteiger partial charge in [-0.05, 0) is 19.2 Å². The zero-order chi connectivity index (χ0) is 12.3. The molecule has 0 amide bonds. The summed E-state index contributed by atoms with van der Waals surface area (Å²) in [6.45, 7) is 1.30. The molecule has 1 aliphatic rings. The predicted octanol–water partition coefficient (Wildman–Crippen LogP) is 1.64. The highest BCUT2D eigenvalue weighted by molar-refractivity contribution is 5.24. The molecule has 1 fully saturated rings. The largest absolute Gasteiger partial charge is 0.376 e. The zero-order valence-electron chi connectivity index (χ0n) is 9.58. The van der Waals surface area contributed by atoms with Gasteiger partial charge in [0.05, 0.1) is 25.9 Å². The van der Waals surface area contributed by atoms with Crippen LogP contribution < -0.4 is 5.32 Å². The molecule has 1 aromatic carbocycles. The summed E-state index contributed by atoms with van der Waals surface area (Å²) in [5, 5.41) is 2.88. The van der Waals surface area contributed by atoms with E-state index in [1.165, 1.54) is 18.2 Å². The molecule has 0 saturated carbocycles. The SMILES string of the molecule is CNC(c1c(F)cccc1F)C1COCCO1. The second kappa shape index (κ2) is 5.53. The molecule has 2 unspecified atom stereocenters. The van der Waals surface area contributed by atoms with Crippen LogP contribution in [0.2, 0.25) is 0 Å². The number of rotatable bonds is 3. The Morgan fingerprint density at radius 1 is 1.29 bits per heavy atom. The standard InChI is InChI=1S/C12H15F2NO2/c1-15-12(10-7-16-5-6-17-10)11-8(13)3-2-4-9(11)14/h2-4,10,12,15H,5-7H2,1H3. The molecule has 0 spiro atoms. The van der Waals surface area contributed by atoms with Gasteiger partial charge in [-0.2, -0.15) is 0 Å². The van der Waals surface area contributed by atoms with Crippen molar-refractivity contribution in [3.63, 3.8) is 0 Å². The second-order valence-electron chi connectivity index (χ2n) is 3.89. The summed E-state index contributed by atoms with van der Waals surface area (Å²) in [7, 11) is 1.65. The molecule has 94 valence electrons. The topological polar surface area (TPSA) is 30.5 Å². The first-order valence-electron chi connectivity index (χ1n) is 5.54. The van der Waals surface area contributed by atoms with E-state index in [9.17, 15) is 8.78 Å². The monoisotopic (exact) mass is 243 g/mol. The number of halogens is 2. The van der Waals surface area contributed by atoms with Gasteiger partial charge in [0.1, 0.15) is 17.7 Å². The van der Waals surface area contributed by atoms with Crippen molar-refractivity contribution in [1.82, 2.24) is 5.32 Å². The van der Waals surface area contributed by atoms with Crippen LogP contribution in [0, 0.1) is 11.6 Å². The zero-order valence-corrected chi connectivity index (χ0v) is 9.58. The average Bonchev–Trinajstić information content (AvgIpc) is 2.35. The maximum Gasteiger partial charge on any atom is 0.131 e. The van der Waals surface area contributed by atoms with Crippen molar-refractivity contribution >= 4 is 0 Å². The van der Waals surface area contributed by atoms with Crippen LogP contribution in [0.15, 0.2) is 18.2 Å². The smallest absolute Gasteiger partial charge is 0.131 e. The van der Waals surface area contributed by atoms with E-state index < -0.39 is 17.7 Å². The van der Waals surface area contributed by atoms with Crippen LogP contribution >= 0.6 is 0 Å². The lowest BCUT2D eigenvalue weighted by Crippen LogP contribution is -2.40.